The molecule has 0 radical (unpaired) electrons. The largest absolute Gasteiger partial charge is 0.348 e. The maximum Gasteiger partial charge on any atom is 0.275 e. The van der Waals surface area contributed by atoms with E-state index < -0.39 is 10.0 Å². The highest BCUT2D eigenvalue weighted by molar-refractivity contribution is 7.89. The Morgan fingerprint density at radius 2 is 1.88 bits per heavy atom. The van der Waals surface area contributed by atoms with Crippen LogP contribution in [0.25, 0.3) is 0 Å². The van der Waals surface area contributed by atoms with E-state index in [9.17, 15) is 13.2 Å². The Labute approximate surface area is 164 Å². The quantitative estimate of drug-likeness (QED) is 0.738. The molecule has 2 aliphatic rings. The van der Waals surface area contributed by atoms with E-state index in [2.05, 4.69) is 5.32 Å². The standard InChI is InChI=1S/C17H23Cl2N3O3S/c1-11-9-14(18)12(2)17(16(11)19)26(24,25)22-7-5-21(6-8-22)10-15(23)20-13-3-4-13/h9,13H,3-8,10H2,1-2H3,(H,20,23)/p+1. The van der Waals surface area contributed by atoms with E-state index in [0.29, 0.717) is 54.9 Å². The second-order valence-electron chi connectivity index (χ2n) is 7.12. The van der Waals surface area contributed by atoms with Gasteiger partial charge in [-0.2, -0.15) is 4.31 Å². The molecule has 0 aromatic heterocycles. The van der Waals surface area contributed by atoms with Gasteiger partial charge in [0.15, 0.2) is 6.54 Å². The number of nitrogens with one attached hydrogen (secondary N) is 2. The molecular weight excluding hydrogens is 397 g/mol. The van der Waals surface area contributed by atoms with Gasteiger partial charge in [0, 0.05) is 11.1 Å². The van der Waals surface area contributed by atoms with Gasteiger partial charge in [0.05, 0.1) is 31.2 Å². The molecule has 3 rings (SSSR count). The van der Waals surface area contributed by atoms with Crippen molar-refractivity contribution in [3.05, 3.63) is 27.2 Å². The minimum Gasteiger partial charge on any atom is -0.348 e. The van der Waals surface area contributed by atoms with E-state index in [-0.39, 0.29) is 15.8 Å². The van der Waals surface area contributed by atoms with Gasteiger partial charge in [0.25, 0.3) is 5.91 Å². The summed E-state index contributed by atoms with van der Waals surface area (Å²) < 4.78 is 27.7. The van der Waals surface area contributed by atoms with Crippen LogP contribution >= 0.6 is 23.2 Å². The molecule has 144 valence electrons. The number of aryl methyl sites for hydroxylation is 1. The number of benzene rings is 1. The summed E-state index contributed by atoms with van der Waals surface area (Å²) in [5.74, 6) is 0.0446. The average molecular weight is 421 g/mol. The highest BCUT2D eigenvalue weighted by atomic mass is 35.5. The van der Waals surface area contributed by atoms with Crippen molar-refractivity contribution in [2.45, 2.75) is 37.6 Å². The lowest BCUT2D eigenvalue weighted by molar-refractivity contribution is -0.895. The topological polar surface area (TPSA) is 70.9 Å². The van der Waals surface area contributed by atoms with E-state index in [1.807, 2.05) is 0 Å². The van der Waals surface area contributed by atoms with Crippen LogP contribution in [-0.4, -0.2) is 57.4 Å². The predicted molar refractivity (Wildman–Crippen MR) is 101 cm³/mol. The Bertz CT molecular complexity index is 791. The van der Waals surface area contributed by atoms with E-state index in [1.165, 1.54) is 4.31 Å². The summed E-state index contributed by atoms with van der Waals surface area (Å²) in [4.78, 5) is 13.1. The molecule has 1 amide bonds. The number of carbonyl (C=O) groups is 1. The molecule has 9 heteroatoms. The molecule has 1 aromatic rings. The first-order valence-corrected chi connectivity index (χ1v) is 11.0. The van der Waals surface area contributed by atoms with E-state index >= 15 is 0 Å². The van der Waals surface area contributed by atoms with Crippen LogP contribution in [0.1, 0.15) is 24.0 Å². The number of hydrogen-bond acceptors (Lipinski definition) is 3. The van der Waals surface area contributed by atoms with Crippen molar-refractivity contribution in [3.63, 3.8) is 0 Å². The van der Waals surface area contributed by atoms with Crippen LogP contribution in [0.15, 0.2) is 11.0 Å². The molecule has 1 aliphatic carbocycles. The van der Waals surface area contributed by atoms with Crippen LogP contribution in [0.5, 0.6) is 0 Å². The zero-order chi connectivity index (χ0) is 19.1. The summed E-state index contributed by atoms with van der Waals surface area (Å²) in [5.41, 5.74) is 1.11. The number of hydrogen-bond donors (Lipinski definition) is 2. The zero-order valence-corrected chi connectivity index (χ0v) is 17.3. The van der Waals surface area contributed by atoms with Gasteiger partial charge < -0.3 is 10.2 Å². The summed E-state index contributed by atoms with van der Waals surface area (Å²) in [5, 5.41) is 3.59. The Morgan fingerprint density at radius 1 is 1.27 bits per heavy atom. The maximum atomic E-state index is 13.1. The van der Waals surface area contributed by atoms with Gasteiger partial charge in [0.2, 0.25) is 10.0 Å². The van der Waals surface area contributed by atoms with Crippen LogP contribution in [-0.2, 0) is 14.8 Å². The van der Waals surface area contributed by atoms with Gasteiger partial charge in [-0.05, 0) is 43.9 Å². The first-order chi connectivity index (χ1) is 12.2. The fraction of sp³-hybridized carbons (Fsp3) is 0.588. The third-order valence-corrected chi connectivity index (χ3v) is 8.03. The van der Waals surface area contributed by atoms with Crippen LogP contribution in [0.4, 0.5) is 0 Å². The van der Waals surface area contributed by atoms with Crippen molar-refractivity contribution in [1.82, 2.24) is 9.62 Å². The molecule has 0 unspecified atom stereocenters. The number of sulfonamides is 1. The Kier molecular flexibility index (Phi) is 5.84. The van der Waals surface area contributed by atoms with Crippen molar-refractivity contribution in [2.75, 3.05) is 32.7 Å². The third-order valence-electron chi connectivity index (χ3n) is 4.97. The van der Waals surface area contributed by atoms with Crippen LogP contribution in [0.2, 0.25) is 10.0 Å². The summed E-state index contributed by atoms with van der Waals surface area (Å²) in [6.45, 7) is 5.70. The molecule has 1 saturated heterocycles. The smallest absolute Gasteiger partial charge is 0.275 e. The minimum atomic E-state index is -3.73. The molecule has 0 bridgehead atoms. The minimum absolute atomic E-state index is 0.0446. The fourth-order valence-electron chi connectivity index (χ4n) is 3.20. The van der Waals surface area contributed by atoms with Crippen molar-refractivity contribution >= 4 is 39.1 Å². The lowest BCUT2D eigenvalue weighted by atomic mass is 10.2. The predicted octanol–water partition coefficient (Wildman–Crippen LogP) is 0.778. The first-order valence-electron chi connectivity index (χ1n) is 8.78. The zero-order valence-electron chi connectivity index (χ0n) is 14.9. The van der Waals surface area contributed by atoms with E-state index in [1.54, 1.807) is 19.9 Å². The van der Waals surface area contributed by atoms with E-state index in [4.69, 9.17) is 23.2 Å². The van der Waals surface area contributed by atoms with Crippen LogP contribution in [0, 0.1) is 13.8 Å². The van der Waals surface area contributed by atoms with Crippen LogP contribution < -0.4 is 10.2 Å². The van der Waals surface area contributed by atoms with Gasteiger partial charge in [0.1, 0.15) is 4.90 Å². The SMILES string of the molecule is Cc1cc(Cl)c(C)c(S(=O)(=O)N2CC[NH+](CC(=O)NC3CC3)CC2)c1Cl. The molecule has 1 aromatic carbocycles. The van der Waals surface area contributed by atoms with E-state index in [0.717, 1.165) is 17.7 Å². The number of rotatable bonds is 5. The molecule has 26 heavy (non-hydrogen) atoms. The Morgan fingerprint density at radius 3 is 2.46 bits per heavy atom. The number of amides is 1. The van der Waals surface area contributed by atoms with Gasteiger partial charge in [-0.15, -0.1) is 0 Å². The second-order valence-corrected chi connectivity index (χ2v) is 9.78. The molecule has 0 atom stereocenters. The molecular formula is C17H24Cl2N3O3S+. The lowest BCUT2D eigenvalue weighted by Gasteiger charge is -2.32. The number of quaternary nitrogens is 1. The molecule has 6 nitrogen and oxygen atoms in total. The van der Waals surface area contributed by atoms with Gasteiger partial charge in [-0.3, -0.25) is 4.79 Å². The number of halogens is 2. The van der Waals surface area contributed by atoms with Gasteiger partial charge in [-0.25, -0.2) is 8.42 Å². The third kappa shape index (κ3) is 4.17. The molecule has 2 fully saturated rings. The van der Waals surface area contributed by atoms with Crippen molar-refractivity contribution in [1.29, 1.82) is 0 Å². The Hall–Kier alpha value is -0.860. The molecule has 2 N–H and O–H groups in total. The molecule has 1 heterocycles. The summed E-state index contributed by atoms with van der Waals surface area (Å²) in [7, 11) is -3.73. The number of carbonyl (C=O) groups excluding carboxylic acids is 1. The summed E-state index contributed by atoms with van der Waals surface area (Å²) in [6.07, 6.45) is 2.12. The van der Waals surface area contributed by atoms with Crippen molar-refractivity contribution in [3.8, 4) is 0 Å². The molecule has 0 spiro atoms. The molecule has 1 saturated carbocycles. The monoisotopic (exact) mass is 420 g/mol. The van der Waals surface area contributed by atoms with Gasteiger partial charge >= 0.3 is 0 Å². The molecule has 1 aliphatic heterocycles. The second kappa shape index (κ2) is 7.64. The summed E-state index contributed by atoms with van der Waals surface area (Å²) in [6, 6.07) is 2.03. The maximum absolute atomic E-state index is 13.1. The Balaban J connectivity index is 1.69. The average Bonchev–Trinajstić information content (AvgIpc) is 3.37. The normalized spacial score (nSPS) is 19.5. The summed E-state index contributed by atoms with van der Waals surface area (Å²) >= 11 is 12.5. The highest BCUT2D eigenvalue weighted by Crippen LogP contribution is 2.35. The first kappa shape index (κ1) is 19.9. The number of nitrogens with zero attached hydrogens (tertiary/aromatic N) is 1. The van der Waals surface area contributed by atoms with Crippen molar-refractivity contribution < 1.29 is 18.1 Å². The highest BCUT2D eigenvalue weighted by Gasteiger charge is 2.35. The fourth-order valence-corrected chi connectivity index (χ4v) is 5.81. The van der Waals surface area contributed by atoms with Crippen molar-refractivity contribution in [2.24, 2.45) is 0 Å². The van der Waals surface area contributed by atoms with Crippen LogP contribution in [0.3, 0.4) is 0 Å². The van der Waals surface area contributed by atoms with Gasteiger partial charge in [-0.1, -0.05) is 23.2 Å². The number of piperazine rings is 1. The lowest BCUT2D eigenvalue weighted by Crippen LogP contribution is -3.15.